The highest BCUT2D eigenvalue weighted by molar-refractivity contribution is 5.78. The van der Waals surface area contributed by atoms with E-state index in [1.165, 1.54) is 6.07 Å². The van der Waals surface area contributed by atoms with Crippen LogP contribution < -0.4 is 5.32 Å². The van der Waals surface area contributed by atoms with Crippen LogP contribution in [0.1, 0.15) is 32.1 Å². The van der Waals surface area contributed by atoms with Crippen LogP contribution in [-0.4, -0.2) is 6.54 Å². The van der Waals surface area contributed by atoms with Gasteiger partial charge in [-0.05, 0) is 32.0 Å². The summed E-state index contributed by atoms with van der Waals surface area (Å²) in [6, 6.07) is 6.98. The van der Waals surface area contributed by atoms with Gasteiger partial charge in [-0.25, -0.2) is 4.39 Å². The first kappa shape index (κ1) is 11.1. The fourth-order valence-corrected chi connectivity index (χ4v) is 1.72. The fourth-order valence-electron chi connectivity index (χ4n) is 1.72. The second-order valence-corrected chi connectivity index (χ2v) is 3.98. The van der Waals surface area contributed by atoms with Gasteiger partial charge >= 0.3 is 0 Å². The minimum atomic E-state index is -0.300. The van der Waals surface area contributed by atoms with Crippen molar-refractivity contribution in [1.29, 1.82) is 0 Å². The van der Waals surface area contributed by atoms with Crippen molar-refractivity contribution < 1.29 is 8.81 Å². The molecule has 1 aromatic heterocycles. The zero-order chi connectivity index (χ0) is 11.5. The van der Waals surface area contributed by atoms with Gasteiger partial charge in [0.2, 0.25) is 0 Å². The normalized spacial score (nSPS) is 13.2. The molecule has 0 aliphatic rings. The van der Waals surface area contributed by atoms with E-state index in [1.807, 2.05) is 19.1 Å². The third kappa shape index (κ3) is 2.09. The van der Waals surface area contributed by atoms with Gasteiger partial charge in [0, 0.05) is 5.39 Å². The molecule has 0 saturated carbocycles. The van der Waals surface area contributed by atoms with E-state index in [0.717, 1.165) is 24.1 Å². The maximum atomic E-state index is 13.4. The number of furan rings is 1. The van der Waals surface area contributed by atoms with Gasteiger partial charge < -0.3 is 9.73 Å². The van der Waals surface area contributed by atoms with Crippen molar-refractivity contribution in [2.75, 3.05) is 6.54 Å². The van der Waals surface area contributed by atoms with E-state index in [0.29, 0.717) is 5.58 Å². The summed E-state index contributed by atoms with van der Waals surface area (Å²) >= 11 is 0. The predicted molar refractivity (Wildman–Crippen MR) is 62.9 cm³/mol. The molecule has 1 atom stereocenters. The number of rotatable bonds is 4. The second-order valence-electron chi connectivity index (χ2n) is 3.98. The third-order valence-electron chi connectivity index (χ3n) is 2.64. The molecule has 0 bridgehead atoms. The van der Waals surface area contributed by atoms with Gasteiger partial charge in [0.05, 0.1) is 6.04 Å². The monoisotopic (exact) mass is 221 g/mol. The minimum absolute atomic E-state index is 0.117. The van der Waals surface area contributed by atoms with Crippen LogP contribution in [0.25, 0.3) is 11.0 Å². The van der Waals surface area contributed by atoms with Crippen molar-refractivity contribution in [2.24, 2.45) is 0 Å². The van der Waals surface area contributed by atoms with Crippen molar-refractivity contribution in [2.45, 2.75) is 26.3 Å². The Kier molecular flexibility index (Phi) is 3.25. The predicted octanol–water partition coefficient (Wildman–Crippen LogP) is 3.63. The minimum Gasteiger partial charge on any atom is -0.456 e. The quantitative estimate of drug-likeness (QED) is 0.852. The molecule has 0 fully saturated rings. The average molecular weight is 221 g/mol. The topological polar surface area (TPSA) is 25.2 Å². The molecule has 2 aromatic rings. The van der Waals surface area contributed by atoms with Crippen molar-refractivity contribution in [1.82, 2.24) is 5.32 Å². The maximum Gasteiger partial charge on any atom is 0.169 e. The van der Waals surface area contributed by atoms with Gasteiger partial charge in [0.1, 0.15) is 5.76 Å². The summed E-state index contributed by atoms with van der Waals surface area (Å²) in [5, 5.41) is 4.13. The van der Waals surface area contributed by atoms with Crippen LogP contribution in [0, 0.1) is 5.82 Å². The highest BCUT2D eigenvalue weighted by atomic mass is 19.1. The molecule has 3 heteroatoms. The van der Waals surface area contributed by atoms with Crippen molar-refractivity contribution in [3.8, 4) is 0 Å². The van der Waals surface area contributed by atoms with E-state index in [4.69, 9.17) is 4.42 Å². The summed E-state index contributed by atoms with van der Waals surface area (Å²) < 4.78 is 18.9. The molecule has 0 aliphatic heterocycles. The summed E-state index contributed by atoms with van der Waals surface area (Å²) in [6.07, 6.45) is 1.07. The lowest BCUT2D eigenvalue weighted by Gasteiger charge is -2.09. The van der Waals surface area contributed by atoms with Gasteiger partial charge in [0.15, 0.2) is 11.4 Å². The first-order valence-electron chi connectivity index (χ1n) is 5.63. The van der Waals surface area contributed by atoms with E-state index < -0.39 is 0 Å². The molecule has 0 aliphatic carbocycles. The van der Waals surface area contributed by atoms with Gasteiger partial charge in [-0.1, -0.05) is 19.1 Å². The zero-order valence-electron chi connectivity index (χ0n) is 9.59. The fraction of sp³-hybridized carbons (Fsp3) is 0.385. The van der Waals surface area contributed by atoms with Crippen LogP contribution in [-0.2, 0) is 0 Å². The number of para-hydroxylation sites is 1. The number of hydrogen-bond donors (Lipinski definition) is 1. The van der Waals surface area contributed by atoms with Crippen LogP contribution in [0.15, 0.2) is 28.7 Å². The molecule has 1 N–H and O–H groups in total. The van der Waals surface area contributed by atoms with Crippen molar-refractivity contribution in [3.63, 3.8) is 0 Å². The number of nitrogens with one attached hydrogen (secondary N) is 1. The van der Waals surface area contributed by atoms with E-state index in [-0.39, 0.29) is 11.9 Å². The number of halogens is 1. The lowest BCUT2D eigenvalue weighted by atomic mass is 10.2. The Labute approximate surface area is 94.4 Å². The standard InChI is InChI=1S/C13H16FNO/c1-3-7-15-9(2)12-8-10-5-4-6-11(14)13(10)16-12/h4-6,8-9,15H,3,7H2,1-2H3. The van der Waals surface area contributed by atoms with Crippen LogP contribution in [0.2, 0.25) is 0 Å². The molecule has 1 heterocycles. The molecule has 2 nitrogen and oxygen atoms in total. The van der Waals surface area contributed by atoms with Gasteiger partial charge in [0.25, 0.3) is 0 Å². The Balaban J connectivity index is 2.29. The Hall–Kier alpha value is -1.35. The molecule has 1 unspecified atom stereocenters. The second kappa shape index (κ2) is 4.66. The molecule has 0 saturated heterocycles. The molecule has 1 aromatic carbocycles. The van der Waals surface area contributed by atoms with Crippen molar-refractivity contribution >= 4 is 11.0 Å². The first-order valence-corrected chi connectivity index (χ1v) is 5.63. The summed E-state index contributed by atoms with van der Waals surface area (Å²) in [5.41, 5.74) is 0.350. The maximum absolute atomic E-state index is 13.4. The van der Waals surface area contributed by atoms with Gasteiger partial charge in [-0.3, -0.25) is 0 Å². The third-order valence-corrected chi connectivity index (χ3v) is 2.64. The number of benzene rings is 1. The SMILES string of the molecule is CCCNC(C)c1cc2cccc(F)c2o1. The van der Waals surface area contributed by atoms with Crippen molar-refractivity contribution in [3.05, 3.63) is 35.8 Å². The van der Waals surface area contributed by atoms with Gasteiger partial charge in [-0.2, -0.15) is 0 Å². The van der Waals surface area contributed by atoms with E-state index in [1.54, 1.807) is 6.07 Å². The average Bonchev–Trinajstić information content (AvgIpc) is 2.71. The van der Waals surface area contributed by atoms with E-state index in [9.17, 15) is 4.39 Å². The Morgan fingerprint density at radius 2 is 2.25 bits per heavy atom. The number of hydrogen-bond acceptors (Lipinski definition) is 2. The highest BCUT2D eigenvalue weighted by Gasteiger charge is 2.12. The summed E-state index contributed by atoms with van der Waals surface area (Å²) in [7, 11) is 0. The van der Waals surface area contributed by atoms with Crippen LogP contribution in [0.3, 0.4) is 0 Å². The van der Waals surface area contributed by atoms with Crippen LogP contribution in [0.5, 0.6) is 0 Å². The Morgan fingerprint density at radius 1 is 1.44 bits per heavy atom. The highest BCUT2D eigenvalue weighted by Crippen LogP contribution is 2.25. The molecule has 86 valence electrons. The molecule has 0 amide bonds. The van der Waals surface area contributed by atoms with E-state index >= 15 is 0 Å². The lowest BCUT2D eigenvalue weighted by molar-refractivity contribution is 0.443. The molecular formula is C13H16FNO. The molecule has 0 radical (unpaired) electrons. The Bertz CT molecular complexity index is 478. The number of fused-ring (bicyclic) bond motifs is 1. The lowest BCUT2D eigenvalue weighted by Crippen LogP contribution is -2.18. The molecule has 16 heavy (non-hydrogen) atoms. The van der Waals surface area contributed by atoms with E-state index in [2.05, 4.69) is 12.2 Å². The molecule has 0 spiro atoms. The molecular weight excluding hydrogens is 205 g/mol. The first-order chi connectivity index (χ1) is 7.72. The Morgan fingerprint density at radius 3 is 2.94 bits per heavy atom. The summed E-state index contributed by atoms with van der Waals surface area (Å²) in [6.45, 7) is 5.06. The summed E-state index contributed by atoms with van der Waals surface area (Å²) in [4.78, 5) is 0. The summed E-state index contributed by atoms with van der Waals surface area (Å²) in [5.74, 6) is 0.486. The van der Waals surface area contributed by atoms with Crippen LogP contribution in [0.4, 0.5) is 4.39 Å². The molecule has 2 rings (SSSR count). The van der Waals surface area contributed by atoms with Crippen LogP contribution >= 0.6 is 0 Å². The smallest absolute Gasteiger partial charge is 0.169 e. The van der Waals surface area contributed by atoms with Gasteiger partial charge in [-0.15, -0.1) is 0 Å². The zero-order valence-corrected chi connectivity index (χ0v) is 9.59. The largest absolute Gasteiger partial charge is 0.456 e.